The van der Waals surface area contributed by atoms with Crippen molar-refractivity contribution < 1.29 is 19.1 Å². The fourth-order valence-electron chi connectivity index (χ4n) is 4.61. The van der Waals surface area contributed by atoms with Gasteiger partial charge in [-0.2, -0.15) is 0 Å². The summed E-state index contributed by atoms with van der Waals surface area (Å²) in [6.45, 7) is 8.41. The highest BCUT2D eigenvalue weighted by Crippen LogP contribution is 2.28. The lowest BCUT2D eigenvalue weighted by molar-refractivity contribution is -0.148. The van der Waals surface area contributed by atoms with Crippen LogP contribution in [-0.2, 0) is 20.9 Å². The van der Waals surface area contributed by atoms with E-state index < -0.39 is 5.97 Å². The molecule has 2 amide bonds. The minimum atomic E-state index is -0.561. The molecule has 0 aliphatic carbocycles. The zero-order valence-corrected chi connectivity index (χ0v) is 23.2. The second kappa shape index (κ2) is 12.7. The summed E-state index contributed by atoms with van der Waals surface area (Å²) in [7, 11) is 0. The van der Waals surface area contributed by atoms with Gasteiger partial charge < -0.3 is 9.30 Å². The first kappa shape index (κ1) is 28.0. The van der Waals surface area contributed by atoms with E-state index in [9.17, 15) is 14.4 Å². The highest BCUT2D eigenvalue weighted by Gasteiger charge is 2.40. The van der Waals surface area contributed by atoms with E-state index in [0.717, 1.165) is 41.0 Å². The average molecular weight is 534 g/mol. The number of hydrogen-bond acceptors (Lipinski definition) is 4. The van der Waals surface area contributed by atoms with Gasteiger partial charge in [0.15, 0.2) is 0 Å². The molecule has 0 atom stereocenters. The molecule has 2 aromatic carbocycles. The van der Waals surface area contributed by atoms with Crippen LogP contribution in [0.4, 0.5) is 0 Å². The SMILES string of the molecule is CC#CC#COC(=O)c1ccc(-n2c(C)cc(C=C3C(=O)N(CCCC)N(Cc4ccccc4)C3=O)c2C)cc1. The Balaban J connectivity index is 1.61. The van der Waals surface area contributed by atoms with Gasteiger partial charge in [-0.1, -0.05) is 49.6 Å². The zero-order chi connectivity index (χ0) is 28.6. The van der Waals surface area contributed by atoms with Gasteiger partial charge in [-0.25, -0.2) is 14.8 Å². The fraction of sp³-hybridized carbons (Fsp3) is 0.242. The number of esters is 1. The van der Waals surface area contributed by atoms with Crippen molar-refractivity contribution >= 4 is 23.9 Å². The Hall–Kier alpha value is -5.01. The predicted octanol–water partition coefficient (Wildman–Crippen LogP) is 5.20. The molecule has 4 rings (SSSR count). The molecule has 1 fully saturated rings. The zero-order valence-electron chi connectivity index (χ0n) is 23.2. The minimum absolute atomic E-state index is 0.152. The lowest BCUT2D eigenvalue weighted by Crippen LogP contribution is -2.40. The normalized spacial score (nSPS) is 13.7. The number of ether oxygens (including phenoxy) is 1. The molecule has 1 aromatic heterocycles. The van der Waals surface area contributed by atoms with Gasteiger partial charge in [0.1, 0.15) is 11.7 Å². The Morgan fingerprint density at radius 1 is 0.950 bits per heavy atom. The third kappa shape index (κ3) is 6.00. The molecule has 202 valence electrons. The molecule has 0 unspecified atom stereocenters. The molecule has 0 spiro atoms. The summed E-state index contributed by atoms with van der Waals surface area (Å²) in [5, 5.41) is 3.12. The van der Waals surface area contributed by atoms with E-state index in [4.69, 9.17) is 4.74 Å². The van der Waals surface area contributed by atoms with Gasteiger partial charge in [-0.15, -0.1) is 0 Å². The molecule has 7 nitrogen and oxygen atoms in total. The standard InChI is InChI=1S/C33H31N3O4/c1-5-7-12-20-40-33(39)27-15-17-29(18-16-27)36-24(3)21-28(25(36)4)22-30-31(37)34(19-8-6-2)35(32(30)38)23-26-13-10-9-11-14-26/h9-11,13-18,21-22H,6,8,19,23H2,1-4H3. The number of nitrogens with zero attached hydrogens (tertiary/aromatic N) is 3. The van der Waals surface area contributed by atoms with Gasteiger partial charge in [-0.05, 0) is 80.6 Å². The molecule has 2 heterocycles. The molecule has 0 N–H and O–H groups in total. The molecule has 0 radical (unpaired) electrons. The van der Waals surface area contributed by atoms with Gasteiger partial charge in [0.05, 0.1) is 12.1 Å². The Kier molecular flexibility index (Phi) is 8.89. The molecular weight excluding hydrogens is 502 g/mol. The van der Waals surface area contributed by atoms with E-state index in [-0.39, 0.29) is 17.4 Å². The molecule has 0 saturated carbocycles. The van der Waals surface area contributed by atoms with Crippen molar-refractivity contribution in [1.29, 1.82) is 0 Å². The lowest BCUT2D eigenvalue weighted by Gasteiger charge is -2.27. The Labute approximate surface area is 235 Å². The van der Waals surface area contributed by atoms with Crippen molar-refractivity contribution in [2.45, 2.75) is 47.1 Å². The molecule has 1 saturated heterocycles. The highest BCUT2D eigenvalue weighted by molar-refractivity contribution is 6.25. The van der Waals surface area contributed by atoms with Crippen LogP contribution in [0.1, 0.15) is 59.6 Å². The summed E-state index contributed by atoms with van der Waals surface area (Å²) in [4.78, 5) is 39.2. The van der Waals surface area contributed by atoms with E-state index in [1.807, 2.05) is 66.9 Å². The van der Waals surface area contributed by atoms with Crippen LogP contribution >= 0.6 is 0 Å². The number of carbonyl (C=O) groups is 3. The van der Waals surface area contributed by atoms with Crippen molar-refractivity contribution in [3.63, 3.8) is 0 Å². The number of unbranched alkanes of at least 4 members (excludes halogenated alkanes) is 1. The molecule has 7 heteroatoms. The van der Waals surface area contributed by atoms with Crippen LogP contribution in [0.3, 0.4) is 0 Å². The van der Waals surface area contributed by atoms with Crippen LogP contribution in [0.25, 0.3) is 11.8 Å². The van der Waals surface area contributed by atoms with Gasteiger partial charge in [0, 0.05) is 29.5 Å². The van der Waals surface area contributed by atoms with E-state index in [0.29, 0.717) is 18.7 Å². The predicted molar refractivity (Wildman–Crippen MR) is 153 cm³/mol. The summed E-state index contributed by atoms with van der Waals surface area (Å²) >= 11 is 0. The molecule has 1 aliphatic rings. The van der Waals surface area contributed by atoms with Crippen LogP contribution in [-0.4, -0.2) is 38.9 Å². The third-order valence-electron chi connectivity index (χ3n) is 6.63. The smallest absolute Gasteiger partial charge is 0.352 e. The minimum Gasteiger partial charge on any atom is -0.367 e. The number of carbonyl (C=O) groups excluding carboxylic acids is 3. The second-order valence-corrected chi connectivity index (χ2v) is 9.39. The number of hydrogen-bond donors (Lipinski definition) is 0. The van der Waals surface area contributed by atoms with Crippen LogP contribution < -0.4 is 0 Å². The van der Waals surface area contributed by atoms with Gasteiger partial charge in [0.2, 0.25) is 0 Å². The molecule has 40 heavy (non-hydrogen) atoms. The maximum Gasteiger partial charge on any atom is 0.352 e. The van der Waals surface area contributed by atoms with Crippen LogP contribution in [0.15, 0.2) is 66.2 Å². The summed E-state index contributed by atoms with van der Waals surface area (Å²) in [5.74, 6) is 6.41. The molecule has 0 bridgehead atoms. The molecular formula is C33H31N3O4. The van der Waals surface area contributed by atoms with E-state index in [1.54, 1.807) is 35.2 Å². The van der Waals surface area contributed by atoms with Crippen molar-refractivity contribution in [3.8, 4) is 29.6 Å². The molecule has 1 aliphatic heterocycles. The van der Waals surface area contributed by atoms with E-state index in [2.05, 4.69) is 30.8 Å². The quantitative estimate of drug-likeness (QED) is 0.173. The first-order chi connectivity index (χ1) is 19.3. The number of amides is 2. The lowest BCUT2D eigenvalue weighted by atomic mass is 10.1. The average Bonchev–Trinajstić information content (AvgIpc) is 3.36. The van der Waals surface area contributed by atoms with Crippen molar-refractivity contribution in [2.24, 2.45) is 0 Å². The summed E-state index contributed by atoms with van der Waals surface area (Å²) in [6, 6.07) is 18.6. The number of aromatic nitrogens is 1. The van der Waals surface area contributed by atoms with Crippen LogP contribution in [0.5, 0.6) is 0 Å². The number of hydrazine groups is 1. The van der Waals surface area contributed by atoms with E-state index >= 15 is 0 Å². The topological polar surface area (TPSA) is 71.8 Å². The number of benzene rings is 2. The Morgan fingerprint density at radius 3 is 2.33 bits per heavy atom. The molecule has 3 aromatic rings. The van der Waals surface area contributed by atoms with Crippen LogP contribution in [0, 0.1) is 37.7 Å². The summed E-state index contributed by atoms with van der Waals surface area (Å²) in [6.07, 6.45) is 5.68. The maximum absolute atomic E-state index is 13.5. The highest BCUT2D eigenvalue weighted by atomic mass is 16.5. The monoisotopic (exact) mass is 533 g/mol. The van der Waals surface area contributed by atoms with Crippen LogP contribution in [0.2, 0.25) is 0 Å². The van der Waals surface area contributed by atoms with Crippen molar-refractivity contribution in [1.82, 2.24) is 14.6 Å². The number of aryl methyl sites for hydroxylation is 1. The van der Waals surface area contributed by atoms with E-state index in [1.165, 1.54) is 0 Å². The van der Waals surface area contributed by atoms with Crippen molar-refractivity contribution in [3.05, 3.63) is 94.3 Å². The maximum atomic E-state index is 13.5. The first-order valence-corrected chi connectivity index (χ1v) is 13.2. The third-order valence-corrected chi connectivity index (χ3v) is 6.63. The van der Waals surface area contributed by atoms with Crippen molar-refractivity contribution in [2.75, 3.05) is 6.54 Å². The summed E-state index contributed by atoms with van der Waals surface area (Å²) < 4.78 is 6.92. The Morgan fingerprint density at radius 2 is 1.65 bits per heavy atom. The number of rotatable bonds is 8. The van der Waals surface area contributed by atoms with Gasteiger partial charge in [0.25, 0.3) is 11.8 Å². The van der Waals surface area contributed by atoms with Gasteiger partial charge in [-0.3, -0.25) is 9.59 Å². The first-order valence-electron chi connectivity index (χ1n) is 13.2. The van der Waals surface area contributed by atoms with Gasteiger partial charge >= 0.3 is 5.97 Å². The largest absolute Gasteiger partial charge is 0.367 e. The fourth-order valence-corrected chi connectivity index (χ4v) is 4.61. The second-order valence-electron chi connectivity index (χ2n) is 9.39. The summed E-state index contributed by atoms with van der Waals surface area (Å²) in [5.41, 5.74) is 4.87. The Bertz CT molecular complexity index is 1580.